The fraction of sp³-hybridized carbons (Fsp3) is 0.538. The van der Waals surface area contributed by atoms with Gasteiger partial charge in [-0.1, -0.05) is 0 Å². The zero-order valence-electron chi connectivity index (χ0n) is 24.9. The molecule has 0 radical (unpaired) electrons. The molecular weight excluding hydrogens is 445 g/mol. The Morgan fingerprint density at radius 1 is 0.857 bits per heavy atom. The van der Waals surface area contributed by atoms with Gasteiger partial charge in [-0.15, -0.1) is 0 Å². The Kier molecular flexibility index (Phi) is 7.23. The number of benzene rings is 2. The average molecular weight is 493 g/mol. The van der Waals surface area contributed by atoms with Crippen molar-refractivity contribution in [2.24, 2.45) is 0 Å². The molecule has 0 aliphatic heterocycles. The molecule has 1 nitrogen and oxygen atoms in total. The molecule has 0 atom stereocenters. The van der Waals surface area contributed by atoms with Crippen molar-refractivity contribution in [3.05, 3.63) is 58.0 Å². The van der Waals surface area contributed by atoms with Crippen molar-refractivity contribution < 1.29 is 9.60 Å². The van der Waals surface area contributed by atoms with Crippen LogP contribution in [0.1, 0.15) is 74.5 Å². The van der Waals surface area contributed by atoms with E-state index < -0.39 is 24.4 Å². The van der Waals surface area contributed by atoms with E-state index in [1.165, 1.54) is 51.8 Å². The van der Waals surface area contributed by atoms with Gasteiger partial charge in [0, 0.05) is 0 Å². The normalized spacial score (nSPS) is 15.8. The molecule has 2 aromatic carbocycles. The average Bonchev–Trinajstić information content (AvgIpc) is 2.86. The minimum atomic E-state index is -2.38. The SMILES string of the molecule is [2H]c1c([2H])c([2H])c2c(CNC/C=[CH]/[Sn]([CH2]CCC)([CH2]CCC)[CH2]CCC)c([2H])c([2H])c([2H])c2c1[2H]. The van der Waals surface area contributed by atoms with Crippen LogP contribution in [0.5, 0.6) is 0 Å². The van der Waals surface area contributed by atoms with Crippen molar-refractivity contribution in [2.75, 3.05) is 6.54 Å². The molecule has 0 fully saturated rings. The van der Waals surface area contributed by atoms with Crippen molar-refractivity contribution in [3.63, 3.8) is 0 Å². The Hall–Kier alpha value is -0.801. The van der Waals surface area contributed by atoms with E-state index in [4.69, 9.17) is 9.60 Å². The van der Waals surface area contributed by atoms with Crippen molar-refractivity contribution >= 4 is 29.1 Å². The summed E-state index contributed by atoms with van der Waals surface area (Å²) >= 11 is -2.38. The van der Waals surface area contributed by atoms with E-state index >= 15 is 0 Å². The molecule has 0 aliphatic rings. The molecule has 0 saturated heterocycles. The number of fused-ring (bicyclic) bond motifs is 1. The van der Waals surface area contributed by atoms with Crippen LogP contribution in [0.15, 0.2) is 52.5 Å². The molecule has 0 unspecified atom stereocenters. The van der Waals surface area contributed by atoms with E-state index in [0.717, 1.165) is 0 Å². The monoisotopic (exact) mass is 494 g/mol. The van der Waals surface area contributed by atoms with Gasteiger partial charge in [0.2, 0.25) is 0 Å². The molecule has 0 aliphatic carbocycles. The predicted octanol–water partition coefficient (Wildman–Crippen LogP) is 7.87. The molecule has 2 heteroatoms. The topological polar surface area (TPSA) is 12.0 Å². The first-order valence-electron chi connectivity index (χ1n) is 14.5. The van der Waals surface area contributed by atoms with Crippen LogP contribution >= 0.6 is 0 Å². The van der Waals surface area contributed by atoms with E-state index in [1.54, 1.807) is 0 Å². The second-order valence-corrected chi connectivity index (χ2v) is 20.8. The molecule has 2 aromatic rings. The third kappa shape index (κ3) is 7.55. The van der Waals surface area contributed by atoms with Gasteiger partial charge in [0.15, 0.2) is 0 Å². The molecule has 0 spiro atoms. The minimum absolute atomic E-state index is 0.0262. The van der Waals surface area contributed by atoms with E-state index in [1.807, 2.05) is 0 Å². The summed E-state index contributed by atoms with van der Waals surface area (Å²) in [6.45, 7) is 7.63. The van der Waals surface area contributed by atoms with Crippen LogP contribution in [-0.4, -0.2) is 24.9 Å². The first-order valence-corrected chi connectivity index (χ1v) is 18.7. The van der Waals surface area contributed by atoms with Crippen LogP contribution in [0.3, 0.4) is 0 Å². The molecule has 0 aromatic heterocycles. The Morgan fingerprint density at radius 3 is 2.11 bits per heavy atom. The summed E-state index contributed by atoms with van der Waals surface area (Å²) in [5.41, 5.74) is 0.360. The van der Waals surface area contributed by atoms with Gasteiger partial charge < -0.3 is 0 Å². The van der Waals surface area contributed by atoms with Crippen LogP contribution in [0.2, 0.25) is 13.3 Å². The summed E-state index contributed by atoms with van der Waals surface area (Å²) in [5.74, 6) is 0. The second-order valence-electron chi connectivity index (χ2n) is 7.81. The van der Waals surface area contributed by atoms with E-state index in [0.29, 0.717) is 12.1 Å². The van der Waals surface area contributed by atoms with Gasteiger partial charge >= 0.3 is 188 Å². The fourth-order valence-electron chi connectivity index (χ4n) is 3.80. The number of rotatable bonds is 14. The summed E-state index contributed by atoms with van der Waals surface area (Å²) in [6, 6.07) is -2.11. The first-order chi connectivity index (χ1) is 16.7. The third-order valence-electron chi connectivity index (χ3n) is 5.51. The molecular formula is C26H41NSn. The van der Waals surface area contributed by atoms with E-state index in [2.05, 4.69) is 36.3 Å². The van der Waals surface area contributed by atoms with Crippen LogP contribution in [-0.2, 0) is 6.54 Å². The summed E-state index contributed by atoms with van der Waals surface area (Å²) in [6.07, 6.45) is 9.85. The summed E-state index contributed by atoms with van der Waals surface area (Å²) < 4.78 is 64.2. The molecule has 28 heavy (non-hydrogen) atoms. The zero-order valence-corrected chi connectivity index (χ0v) is 20.8. The summed E-state index contributed by atoms with van der Waals surface area (Å²) in [5, 5.41) is 3.54. The first kappa shape index (κ1) is 15.1. The molecule has 0 heterocycles. The molecule has 1 N–H and O–H groups in total. The number of unbranched alkanes of at least 4 members (excludes halogenated alkanes) is 3. The van der Waals surface area contributed by atoms with Gasteiger partial charge in [-0.25, -0.2) is 0 Å². The molecule has 2 rings (SSSR count). The zero-order chi connectivity index (χ0) is 26.2. The Morgan fingerprint density at radius 2 is 1.46 bits per heavy atom. The quantitative estimate of drug-likeness (QED) is 0.209. The van der Waals surface area contributed by atoms with Crippen LogP contribution < -0.4 is 5.32 Å². The standard InChI is InChI=1S/C14H14N.3C4H9.Sn/c1-2-10-15-11-13-8-5-7-12-6-3-4-9-14(12)13;3*1-3-4-2;/h1-9,15H,10-11H2;3*1,3-4H2,2H3;/i3D,4D,5D,6D,7D,8D,9D;;;;. The van der Waals surface area contributed by atoms with Gasteiger partial charge in [0.05, 0.1) is 0 Å². The maximum atomic E-state index is 8.41. The number of hydrogen-bond donors (Lipinski definition) is 1. The summed E-state index contributed by atoms with van der Waals surface area (Å²) in [4.78, 5) is 0. The Balaban J connectivity index is 2.32. The van der Waals surface area contributed by atoms with Gasteiger partial charge in [0.1, 0.15) is 0 Å². The molecule has 0 bridgehead atoms. The summed E-state index contributed by atoms with van der Waals surface area (Å²) in [7, 11) is 0. The van der Waals surface area contributed by atoms with Crippen LogP contribution in [0, 0.1) is 0 Å². The fourth-order valence-corrected chi connectivity index (χ4v) is 18.2. The van der Waals surface area contributed by atoms with Gasteiger partial charge in [0.25, 0.3) is 0 Å². The molecule has 154 valence electrons. The van der Waals surface area contributed by atoms with E-state index in [-0.39, 0.29) is 53.6 Å². The number of hydrogen-bond acceptors (Lipinski definition) is 1. The second kappa shape index (κ2) is 13.4. The Labute approximate surface area is 187 Å². The van der Waals surface area contributed by atoms with Crippen LogP contribution in [0.25, 0.3) is 10.8 Å². The maximum absolute atomic E-state index is 8.41. The van der Waals surface area contributed by atoms with Crippen molar-refractivity contribution in [1.29, 1.82) is 0 Å². The van der Waals surface area contributed by atoms with Crippen LogP contribution in [0.4, 0.5) is 0 Å². The van der Waals surface area contributed by atoms with E-state index in [9.17, 15) is 0 Å². The number of nitrogens with one attached hydrogen (secondary N) is 1. The van der Waals surface area contributed by atoms with Gasteiger partial charge in [-0.05, 0) is 0 Å². The van der Waals surface area contributed by atoms with Crippen molar-refractivity contribution in [2.45, 2.75) is 79.2 Å². The van der Waals surface area contributed by atoms with Gasteiger partial charge in [-0.2, -0.15) is 0 Å². The predicted molar refractivity (Wildman–Crippen MR) is 130 cm³/mol. The van der Waals surface area contributed by atoms with Gasteiger partial charge in [-0.3, -0.25) is 0 Å². The third-order valence-corrected chi connectivity index (χ3v) is 19.8. The molecule has 0 amide bonds. The van der Waals surface area contributed by atoms with Crippen molar-refractivity contribution in [1.82, 2.24) is 5.32 Å². The molecule has 0 saturated carbocycles. The Bertz CT molecular complexity index is 1010. The van der Waals surface area contributed by atoms with Crippen molar-refractivity contribution in [3.8, 4) is 0 Å².